The Bertz CT molecular complexity index is 1310. The van der Waals surface area contributed by atoms with E-state index in [4.69, 9.17) is 9.47 Å². The van der Waals surface area contributed by atoms with Crippen molar-refractivity contribution >= 4 is 41.1 Å². The maximum Gasteiger partial charge on any atom is 0.419 e. The summed E-state index contributed by atoms with van der Waals surface area (Å²) in [5, 5.41) is 7.48. The van der Waals surface area contributed by atoms with Gasteiger partial charge in [0.1, 0.15) is 11.6 Å². The van der Waals surface area contributed by atoms with Crippen LogP contribution in [0.3, 0.4) is 0 Å². The van der Waals surface area contributed by atoms with E-state index in [1.54, 1.807) is 0 Å². The molecule has 0 bridgehead atoms. The predicted molar refractivity (Wildman–Crippen MR) is 123 cm³/mol. The van der Waals surface area contributed by atoms with Crippen LogP contribution in [0.5, 0.6) is 0 Å². The average Bonchev–Trinajstić information content (AvgIpc) is 2.83. The van der Waals surface area contributed by atoms with Crippen molar-refractivity contribution in [3.8, 4) is 0 Å². The monoisotopic (exact) mass is 483 g/mol. The average molecular weight is 483 g/mol. The molecule has 0 spiro atoms. The lowest BCUT2D eigenvalue weighted by Crippen LogP contribution is -2.21. The second-order valence-corrected chi connectivity index (χ2v) is 6.90. The molecule has 0 aliphatic carbocycles. The minimum absolute atomic E-state index is 0.0858. The topological polar surface area (TPSA) is 123 Å². The van der Waals surface area contributed by atoms with E-state index in [9.17, 15) is 28.0 Å². The summed E-state index contributed by atoms with van der Waals surface area (Å²) in [5.74, 6) is -4.43. The van der Waals surface area contributed by atoms with Crippen LogP contribution in [0.4, 0.5) is 30.6 Å². The van der Waals surface area contributed by atoms with Gasteiger partial charge in [-0.1, -0.05) is 12.1 Å². The molecule has 11 heteroatoms. The van der Waals surface area contributed by atoms with E-state index in [-0.39, 0.29) is 33.8 Å². The highest BCUT2D eigenvalue weighted by atomic mass is 19.1. The molecule has 0 fully saturated rings. The van der Waals surface area contributed by atoms with E-state index in [2.05, 4.69) is 16.0 Å². The molecule has 0 aliphatic rings. The predicted octanol–water partition coefficient (Wildman–Crippen LogP) is 4.43. The lowest BCUT2D eigenvalue weighted by Gasteiger charge is -2.12. The maximum atomic E-state index is 13.4. The lowest BCUT2D eigenvalue weighted by atomic mass is 10.1. The van der Waals surface area contributed by atoms with Crippen molar-refractivity contribution in [2.45, 2.75) is 0 Å². The van der Waals surface area contributed by atoms with Crippen molar-refractivity contribution in [3.05, 3.63) is 89.0 Å². The summed E-state index contributed by atoms with van der Waals surface area (Å²) in [6.07, 6.45) is -1.23. The highest BCUT2D eigenvalue weighted by Crippen LogP contribution is 2.22. The number of hydrogen-bond acceptors (Lipinski definition) is 8. The second kappa shape index (κ2) is 10.9. The standard InChI is InChI=1S/C24H19F2N3O6/c1-27-19-11-13(25)7-9-16(19)22(31)34-21(30)15-5-3-4-6-18(15)29-24(33)35-23(32)17-10-8-14(26)12-20(17)28-2/h3-12,27-28H,1-2H3,(H,29,33). The van der Waals surface area contributed by atoms with Gasteiger partial charge in [0.2, 0.25) is 0 Å². The van der Waals surface area contributed by atoms with E-state index >= 15 is 0 Å². The summed E-state index contributed by atoms with van der Waals surface area (Å²) >= 11 is 0. The van der Waals surface area contributed by atoms with Gasteiger partial charge in [0.05, 0.1) is 33.8 Å². The zero-order valence-corrected chi connectivity index (χ0v) is 18.5. The van der Waals surface area contributed by atoms with Crippen LogP contribution < -0.4 is 16.0 Å². The third-order valence-electron chi connectivity index (χ3n) is 4.70. The first kappa shape index (κ1) is 24.8. The van der Waals surface area contributed by atoms with Crippen molar-refractivity contribution in [2.75, 3.05) is 30.0 Å². The molecule has 0 saturated carbocycles. The summed E-state index contributed by atoms with van der Waals surface area (Å²) in [7, 11) is 2.92. The third kappa shape index (κ3) is 5.96. The molecule has 3 aromatic carbocycles. The zero-order valence-electron chi connectivity index (χ0n) is 18.5. The Hall–Kier alpha value is -4.80. The number of amides is 1. The number of nitrogens with one attached hydrogen (secondary N) is 3. The van der Waals surface area contributed by atoms with Gasteiger partial charge in [-0.3, -0.25) is 5.32 Å². The Kier molecular flexibility index (Phi) is 7.72. The fraction of sp³-hybridized carbons (Fsp3) is 0.0833. The molecule has 0 atom stereocenters. The SMILES string of the molecule is CNc1cc(F)ccc1C(=O)OC(=O)Nc1ccccc1C(=O)OC(=O)c1ccc(F)cc1NC. The molecule has 0 heterocycles. The van der Waals surface area contributed by atoms with Crippen molar-refractivity contribution in [3.63, 3.8) is 0 Å². The Labute approximate surface area is 198 Å². The van der Waals surface area contributed by atoms with Crippen LogP contribution in [0, 0.1) is 11.6 Å². The molecule has 35 heavy (non-hydrogen) atoms. The fourth-order valence-electron chi connectivity index (χ4n) is 3.04. The number of para-hydroxylation sites is 1. The van der Waals surface area contributed by atoms with Crippen LogP contribution in [0.15, 0.2) is 60.7 Å². The first-order valence-corrected chi connectivity index (χ1v) is 10.1. The molecular weight excluding hydrogens is 464 g/mol. The molecule has 3 N–H and O–H groups in total. The van der Waals surface area contributed by atoms with Gasteiger partial charge in [0.25, 0.3) is 0 Å². The van der Waals surface area contributed by atoms with Crippen molar-refractivity contribution in [2.24, 2.45) is 0 Å². The Morgan fingerprint density at radius 3 is 1.60 bits per heavy atom. The van der Waals surface area contributed by atoms with Crippen LogP contribution in [-0.2, 0) is 9.47 Å². The molecular formula is C24H19F2N3O6. The molecule has 9 nitrogen and oxygen atoms in total. The number of carbonyl (C=O) groups is 4. The van der Waals surface area contributed by atoms with Crippen LogP contribution in [-0.4, -0.2) is 38.1 Å². The number of esters is 3. The molecule has 0 aromatic heterocycles. The highest BCUT2D eigenvalue weighted by molar-refractivity contribution is 6.09. The van der Waals surface area contributed by atoms with Crippen molar-refractivity contribution in [1.29, 1.82) is 0 Å². The molecule has 0 radical (unpaired) electrons. The summed E-state index contributed by atoms with van der Waals surface area (Å²) in [4.78, 5) is 49.7. The van der Waals surface area contributed by atoms with Crippen molar-refractivity contribution < 1.29 is 37.4 Å². The van der Waals surface area contributed by atoms with Crippen LogP contribution >= 0.6 is 0 Å². The number of ether oxygens (including phenoxy) is 2. The molecule has 1 amide bonds. The number of carbonyl (C=O) groups excluding carboxylic acids is 4. The van der Waals surface area contributed by atoms with Gasteiger partial charge in [0, 0.05) is 14.1 Å². The Morgan fingerprint density at radius 2 is 1.09 bits per heavy atom. The van der Waals surface area contributed by atoms with Gasteiger partial charge in [-0.2, -0.15) is 0 Å². The van der Waals surface area contributed by atoms with E-state index in [1.165, 1.54) is 38.4 Å². The fourth-order valence-corrected chi connectivity index (χ4v) is 3.04. The smallest absolute Gasteiger partial charge is 0.387 e. The first-order valence-electron chi connectivity index (χ1n) is 10.1. The van der Waals surface area contributed by atoms with Gasteiger partial charge in [0.15, 0.2) is 0 Å². The van der Waals surface area contributed by atoms with Gasteiger partial charge < -0.3 is 20.1 Å². The van der Waals surface area contributed by atoms with E-state index in [0.717, 1.165) is 36.4 Å². The maximum absolute atomic E-state index is 13.4. The minimum atomic E-state index is -1.23. The van der Waals surface area contributed by atoms with E-state index in [1.807, 2.05) is 0 Å². The minimum Gasteiger partial charge on any atom is -0.387 e. The normalized spacial score (nSPS) is 10.2. The summed E-state index contributed by atoms with van der Waals surface area (Å²) in [6.45, 7) is 0. The zero-order chi connectivity index (χ0) is 25.5. The van der Waals surface area contributed by atoms with Gasteiger partial charge in [-0.05, 0) is 48.5 Å². The van der Waals surface area contributed by atoms with Crippen LogP contribution in [0.1, 0.15) is 31.1 Å². The number of benzene rings is 3. The molecule has 3 rings (SSSR count). The second-order valence-electron chi connectivity index (χ2n) is 6.90. The number of hydrogen-bond donors (Lipinski definition) is 3. The summed E-state index contributed by atoms with van der Waals surface area (Å²) < 4.78 is 36.4. The summed E-state index contributed by atoms with van der Waals surface area (Å²) in [6, 6.07) is 12.0. The highest BCUT2D eigenvalue weighted by Gasteiger charge is 2.23. The lowest BCUT2D eigenvalue weighted by molar-refractivity contribution is 0.0398. The largest absolute Gasteiger partial charge is 0.419 e. The molecule has 0 saturated heterocycles. The number of anilines is 3. The molecule has 180 valence electrons. The molecule has 0 aliphatic heterocycles. The summed E-state index contributed by atoms with van der Waals surface area (Å²) in [5.41, 5.74) is -0.288. The molecule has 0 unspecified atom stereocenters. The Balaban J connectivity index is 1.73. The van der Waals surface area contributed by atoms with E-state index < -0.39 is 35.6 Å². The van der Waals surface area contributed by atoms with E-state index in [0.29, 0.717) is 0 Å². The van der Waals surface area contributed by atoms with Crippen LogP contribution in [0.25, 0.3) is 0 Å². The number of rotatable bonds is 6. The van der Waals surface area contributed by atoms with Crippen LogP contribution in [0.2, 0.25) is 0 Å². The third-order valence-corrected chi connectivity index (χ3v) is 4.70. The quantitative estimate of drug-likeness (QED) is 0.348. The first-order chi connectivity index (χ1) is 16.7. The van der Waals surface area contributed by atoms with Gasteiger partial charge >= 0.3 is 24.0 Å². The molecule has 3 aromatic rings. The number of halogens is 2. The Morgan fingerprint density at radius 1 is 0.629 bits per heavy atom. The van der Waals surface area contributed by atoms with Crippen molar-refractivity contribution in [1.82, 2.24) is 0 Å². The van der Waals surface area contributed by atoms with Gasteiger partial charge in [-0.15, -0.1) is 0 Å². The van der Waals surface area contributed by atoms with Gasteiger partial charge in [-0.25, -0.2) is 28.0 Å².